The van der Waals surface area contributed by atoms with E-state index in [2.05, 4.69) is 9.99 Å². The van der Waals surface area contributed by atoms with Crippen LogP contribution in [0.5, 0.6) is 0 Å². The van der Waals surface area contributed by atoms with Crippen LogP contribution in [0.2, 0.25) is 0 Å². The summed E-state index contributed by atoms with van der Waals surface area (Å²) in [6.45, 7) is 1.79. The minimum atomic E-state index is -0.701. The fourth-order valence-corrected chi connectivity index (χ4v) is 1.20. The van der Waals surface area contributed by atoms with Gasteiger partial charge in [0.15, 0.2) is 5.84 Å². The molecule has 0 heterocycles. The van der Waals surface area contributed by atoms with Crippen LogP contribution < -0.4 is 5.73 Å². The molecule has 0 spiro atoms. The highest BCUT2D eigenvalue weighted by molar-refractivity contribution is 6.27. The van der Waals surface area contributed by atoms with E-state index in [1.807, 2.05) is 0 Å². The second-order valence-electron chi connectivity index (χ2n) is 3.25. The van der Waals surface area contributed by atoms with Gasteiger partial charge in [-0.1, -0.05) is 12.1 Å². The van der Waals surface area contributed by atoms with Crippen LogP contribution in [0.1, 0.15) is 22.8 Å². The van der Waals surface area contributed by atoms with Gasteiger partial charge in [-0.3, -0.25) is 0 Å². The summed E-state index contributed by atoms with van der Waals surface area (Å²) in [5.74, 6) is -1.09. The van der Waals surface area contributed by atoms with Crippen molar-refractivity contribution in [2.24, 2.45) is 10.9 Å². The van der Waals surface area contributed by atoms with Gasteiger partial charge < -0.3 is 10.6 Å². The summed E-state index contributed by atoms with van der Waals surface area (Å²) in [6.07, 6.45) is 0.486. The van der Waals surface area contributed by atoms with Gasteiger partial charge in [0, 0.05) is 0 Å². The smallest absolute Gasteiger partial charge is 0.365 e. The van der Waals surface area contributed by atoms with Crippen molar-refractivity contribution in [3.8, 4) is 0 Å². The average molecular weight is 259 g/mol. The Morgan fingerprint density at radius 1 is 1.59 bits per heavy atom. The molecule has 0 fully saturated rings. The molecule has 0 aliphatic rings. The normalized spacial score (nSPS) is 11.4. The molecule has 0 saturated heterocycles. The van der Waals surface area contributed by atoms with Crippen molar-refractivity contribution in [3.63, 3.8) is 0 Å². The molecule has 0 atom stereocenters. The fourth-order valence-electron chi connectivity index (χ4n) is 1.15. The molecule has 6 heteroatoms. The van der Waals surface area contributed by atoms with Gasteiger partial charge >= 0.3 is 5.97 Å². The Balaban J connectivity index is 2.83. The van der Waals surface area contributed by atoms with Crippen LogP contribution in [0, 0.1) is 5.82 Å². The molecule has 0 unspecified atom stereocenters. The van der Waals surface area contributed by atoms with Crippen molar-refractivity contribution in [3.05, 3.63) is 35.1 Å². The van der Waals surface area contributed by atoms with Crippen molar-refractivity contribution in [1.82, 2.24) is 0 Å². The average Bonchev–Trinajstić information content (AvgIpc) is 2.35. The molecule has 1 rings (SSSR count). The van der Waals surface area contributed by atoms with Crippen molar-refractivity contribution < 1.29 is 14.0 Å². The van der Waals surface area contributed by atoms with Crippen molar-refractivity contribution in [1.29, 1.82) is 0 Å². The summed E-state index contributed by atoms with van der Waals surface area (Å²) in [5, 5.41) is 3.32. The topological polar surface area (TPSA) is 64.7 Å². The zero-order valence-corrected chi connectivity index (χ0v) is 10.00. The van der Waals surface area contributed by atoms with Gasteiger partial charge in [-0.25, -0.2) is 9.18 Å². The molecular formula is C11H12ClFN2O2. The van der Waals surface area contributed by atoms with E-state index in [0.717, 1.165) is 0 Å². The highest BCUT2D eigenvalue weighted by Crippen LogP contribution is 2.12. The quantitative estimate of drug-likeness (QED) is 0.296. The Bertz CT molecular complexity index is 449. The van der Waals surface area contributed by atoms with E-state index in [9.17, 15) is 9.18 Å². The summed E-state index contributed by atoms with van der Waals surface area (Å²) < 4.78 is 13.2. The van der Waals surface area contributed by atoms with Gasteiger partial charge in [-0.05, 0) is 30.2 Å². The number of alkyl halides is 1. The molecule has 1 aromatic rings. The maximum absolute atomic E-state index is 13.2. The molecule has 92 valence electrons. The second kappa shape index (κ2) is 6.20. The summed E-state index contributed by atoms with van der Waals surface area (Å²) >= 11 is 5.35. The van der Waals surface area contributed by atoms with Gasteiger partial charge in [0.2, 0.25) is 0 Å². The van der Waals surface area contributed by atoms with Crippen molar-refractivity contribution >= 4 is 23.4 Å². The number of carbonyl (C=O) groups excluding carboxylic acids is 1. The Kier molecular flexibility index (Phi) is 4.90. The van der Waals surface area contributed by atoms with Gasteiger partial charge in [0.05, 0.1) is 11.4 Å². The van der Waals surface area contributed by atoms with Gasteiger partial charge in [0.1, 0.15) is 5.82 Å². The first-order valence-electron chi connectivity index (χ1n) is 4.96. The first-order chi connectivity index (χ1) is 8.08. The van der Waals surface area contributed by atoms with E-state index in [1.165, 1.54) is 18.2 Å². The van der Waals surface area contributed by atoms with Crippen LogP contribution in [-0.2, 0) is 11.3 Å². The number of amidine groups is 1. The Morgan fingerprint density at radius 3 is 2.88 bits per heavy atom. The SMILES string of the molecule is CCc1cc(C(=O)O/N=C(\N)CCl)ccc1F. The molecule has 17 heavy (non-hydrogen) atoms. The van der Waals surface area contributed by atoms with Crippen LogP contribution in [0.3, 0.4) is 0 Å². The van der Waals surface area contributed by atoms with Crippen LogP contribution in [-0.4, -0.2) is 17.7 Å². The lowest BCUT2D eigenvalue weighted by molar-refractivity contribution is 0.0515. The third-order valence-electron chi connectivity index (χ3n) is 2.05. The molecule has 0 bridgehead atoms. The molecule has 4 nitrogen and oxygen atoms in total. The summed E-state index contributed by atoms with van der Waals surface area (Å²) in [6, 6.07) is 3.96. The fraction of sp³-hybridized carbons (Fsp3) is 0.273. The number of aryl methyl sites for hydroxylation is 1. The molecule has 0 amide bonds. The number of benzene rings is 1. The standard InChI is InChI=1S/C11H12ClFN2O2/c1-2-7-5-8(3-4-9(7)13)11(16)17-15-10(14)6-12/h3-5H,2,6H2,1H3,(H2,14,15). The number of hydrogen-bond acceptors (Lipinski definition) is 3. The highest BCUT2D eigenvalue weighted by Gasteiger charge is 2.10. The lowest BCUT2D eigenvalue weighted by Crippen LogP contribution is -2.15. The second-order valence-corrected chi connectivity index (χ2v) is 3.52. The first kappa shape index (κ1) is 13.4. The monoisotopic (exact) mass is 258 g/mol. The zero-order chi connectivity index (χ0) is 12.8. The van der Waals surface area contributed by atoms with Crippen molar-refractivity contribution in [2.75, 3.05) is 5.88 Å². The molecule has 1 aromatic carbocycles. The zero-order valence-electron chi connectivity index (χ0n) is 9.24. The largest absolute Gasteiger partial charge is 0.383 e. The molecule has 0 aromatic heterocycles. The van der Waals surface area contributed by atoms with E-state index in [4.69, 9.17) is 17.3 Å². The van der Waals surface area contributed by atoms with Crippen LogP contribution in [0.25, 0.3) is 0 Å². The Labute approximate surface area is 103 Å². The Morgan fingerprint density at radius 2 is 2.29 bits per heavy atom. The van der Waals surface area contributed by atoms with Crippen LogP contribution in [0.15, 0.2) is 23.4 Å². The number of nitrogens with zero attached hydrogens (tertiary/aromatic N) is 1. The minimum Gasteiger partial charge on any atom is -0.383 e. The van der Waals surface area contributed by atoms with Crippen LogP contribution >= 0.6 is 11.6 Å². The summed E-state index contributed by atoms with van der Waals surface area (Å²) in [4.78, 5) is 16.0. The molecule has 2 N–H and O–H groups in total. The maximum atomic E-state index is 13.2. The van der Waals surface area contributed by atoms with Crippen LogP contribution in [0.4, 0.5) is 4.39 Å². The third-order valence-corrected chi connectivity index (χ3v) is 2.32. The molecule has 0 aliphatic carbocycles. The maximum Gasteiger partial charge on any atom is 0.365 e. The molecule has 0 saturated carbocycles. The molecule has 0 aliphatic heterocycles. The number of nitrogens with two attached hydrogens (primary N) is 1. The predicted octanol–water partition coefficient (Wildman–Crippen LogP) is 2.06. The van der Waals surface area contributed by atoms with Gasteiger partial charge in [-0.15, -0.1) is 11.6 Å². The number of halogens is 2. The highest BCUT2D eigenvalue weighted by atomic mass is 35.5. The van der Waals surface area contributed by atoms with Gasteiger partial charge in [-0.2, -0.15) is 0 Å². The summed E-state index contributed by atoms with van der Waals surface area (Å²) in [5.41, 5.74) is 5.92. The van der Waals surface area contributed by atoms with E-state index >= 15 is 0 Å². The number of rotatable bonds is 4. The first-order valence-corrected chi connectivity index (χ1v) is 5.50. The van der Waals surface area contributed by atoms with E-state index in [0.29, 0.717) is 12.0 Å². The third kappa shape index (κ3) is 3.71. The van der Waals surface area contributed by atoms with E-state index < -0.39 is 5.97 Å². The number of carbonyl (C=O) groups is 1. The molecular weight excluding hydrogens is 247 g/mol. The van der Waals surface area contributed by atoms with Gasteiger partial charge in [0.25, 0.3) is 0 Å². The lowest BCUT2D eigenvalue weighted by atomic mass is 10.1. The molecule has 0 radical (unpaired) electrons. The Hall–Kier alpha value is -1.62. The number of hydrogen-bond donors (Lipinski definition) is 1. The predicted molar refractivity (Wildman–Crippen MR) is 63.5 cm³/mol. The van der Waals surface area contributed by atoms with E-state index in [-0.39, 0.29) is 23.1 Å². The lowest BCUT2D eigenvalue weighted by Gasteiger charge is -2.03. The minimum absolute atomic E-state index is 0.00200. The van der Waals surface area contributed by atoms with Crippen molar-refractivity contribution in [2.45, 2.75) is 13.3 Å². The van der Waals surface area contributed by atoms with E-state index in [1.54, 1.807) is 6.92 Å². The summed E-state index contributed by atoms with van der Waals surface area (Å²) in [7, 11) is 0. The number of oxime groups is 1.